The highest BCUT2D eigenvalue weighted by atomic mass is 16.6. The quantitative estimate of drug-likeness (QED) is 0.00806. The summed E-state index contributed by atoms with van der Waals surface area (Å²) in [6.45, 7) is 19.3. The molecule has 0 unspecified atom stereocenters. The number of aryl methyl sites for hydroxylation is 1. The number of oxime groups is 1. The van der Waals surface area contributed by atoms with Crippen LogP contribution in [0, 0.1) is 35.5 Å². The number of nitrogens with two attached hydrogens (primary N) is 2. The predicted molar refractivity (Wildman–Crippen MR) is 448 cm³/mol. The summed E-state index contributed by atoms with van der Waals surface area (Å²) < 4.78 is 79.9. The highest BCUT2D eigenvalue weighted by Crippen LogP contribution is 2.40. The first-order valence-electron chi connectivity index (χ1n) is 42.8. The summed E-state index contributed by atoms with van der Waals surface area (Å²) in [5.41, 5.74) is 17.8. The number of nitrogens with zero attached hydrogens (tertiary/aromatic N) is 10. The van der Waals surface area contributed by atoms with Crippen LogP contribution in [0.2, 0.25) is 0 Å². The van der Waals surface area contributed by atoms with Crippen LogP contribution >= 0.6 is 0 Å². The number of rotatable bonds is 38. The number of methoxy groups -OCH3 is 4. The van der Waals surface area contributed by atoms with Crippen molar-refractivity contribution in [2.24, 2.45) is 40.7 Å². The number of unbranched alkanes of at least 4 members (excludes halogenated alkanes) is 2. The fourth-order valence-corrected chi connectivity index (χ4v) is 16.3. The largest absolute Gasteiger partial charge is 0.460 e. The highest BCUT2D eigenvalue weighted by molar-refractivity contribution is 6.39. The van der Waals surface area contributed by atoms with Crippen molar-refractivity contribution in [3.05, 3.63) is 84.0 Å². The lowest BCUT2D eigenvalue weighted by Crippen LogP contribution is -2.61. The van der Waals surface area contributed by atoms with E-state index >= 15 is 0 Å². The van der Waals surface area contributed by atoms with Gasteiger partial charge in [-0.25, -0.2) is 24.1 Å². The number of esters is 1. The van der Waals surface area contributed by atoms with Crippen LogP contribution in [0.4, 0.5) is 11.8 Å². The van der Waals surface area contributed by atoms with Gasteiger partial charge in [0.1, 0.15) is 59.2 Å². The molecule has 33 nitrogen and oxygen atoms in total. The van der Waals surface area contributed by atoms with Crippen molar-refractivity contribution in [3.63, 3.8) is 0 Å². The third-order valence-corrected chi connectivity index (χ3v) is 23.3. The molecule has 0 radical (unpaired) electrons. The smallest absolute Gasteiger partial charge is 0.329 e. The number of benzene rings is 1. The molecule has 7 N–H and O–H groups in total. The van der Waals surface area contributed by atoms with E-state index in [2.05, 4.69) is 38.3 Å². The zero-order valence-electron chi connectivity index (χ0n) is 72.2. The number of ketones is 2. The van der Waals surface area contributed by atoms with Gasteiger partial charge >= 0.3 is 5.97 Å². The number of oxazole rings is 1. The van der Waals surface area contributed by atoms with E-state index in [0.717, 1.165) is 36.8 Å². The zero-order valence-corrected chi connectivity index (χ0v) is 72.2. The molecule has 16 atom stereocenters. The second-order valence-electron chi connectivity index (χ2n) is 32.4. The maximum absolute atomic E-state index is 14.9. The average molecular weight is 1680 g/mol. The van der Waals surface area contributed by atoms with Crippen LogP contribution in [0.25, 0.3) is 33.4 Å². The van der Waals surface area contributed by atoms with Crippen molar-refractivity contribution in [2.75, 3.05) is 126 Å². The van der Waals surface area contributed by atoms with Crippen LogP contribution in [0.15, 0.2) is 87.9 Å². The number of fused-ring (bicyclic) bond motifs is 5. The number of nitrogen functional groups attached to an aromatic ring is 2. The summed E-state index contributed by atoms with van der Waals surface area (Å²) in [6.07, 6.45) is 18.8. The Kier molecular flexibility index (Phi) is 39.5. The fraction of sp³-hybridized carbons (Fsp3) is 0.690. The summed E-state index contributed by atoms with van der Waals surface area (Å²) in [5, 5.41) is 54.2. The van der Waals surface area contributed by atoms with Gasteiger partial charge in [-0.15, -0.1) is 5.10 Å². The Bertz CT molecular complexity index is 4150. The molecule has 1 amide bonds. The molecule has 7 heterocycles. The summed E-state index contributed by atoms with van der Waals surface area (Å²) in [4.78, 5) is 76.8. The third kappa shape index (κ3) is 28.3. The molecule has 3 fully saturated rings. The first-order chi connectivity index (χ1) is 57.9. The molecular weight excluding hydrogens is 1550 g/mol. The van der Waals surface area contributed by atoms with E-state index < -0.39 is 78.1 Å². The van der Waals surface area contributed by atoms with E-state index in [1.807, 2.05) is 81.8 Å². The molecule has 33 heteroatoms. The van der Waals surface area contributed by atoms with Crippen LogP contribution in [-0.4, -0.2) is 264 Å². The SMILES string of the molecule is CO[C@H]1C[C@@H]2CC[C@@H](C)[C@@](O)(O2)C(=O)C(=O)N2CCCC[C@H]2C(=O)O[C@H]([C@H](C)C[C@@H]2CC[C@@H](O)[C@H](OC)C2)C[C@@H](OC)[C@H](C)/C=C(\C)[C@@H](O)[C@@H](OC)C(=NOCc2cn(CCOCCOCCOCCOCCOCCOCCC(=O)CCCCCn3nc(-c4ccc5oc(N)nc5c4)c4c(N)ncnc43)nn2)[C@H](C)C[C@H](C)/C=C/C=C/C=C/1C. The fourth-order valence-electron chi connectivity index (χ4n) is 16.3. The number of hydrogen-bond acceptors (Lipinski definition) is 30. The number of cyclic esters (lactones) is 1. The van der Waals surface area contributed by atoms with Gasteiger partial charge in [0, 0.05) is 90.5 Å². The average Bonchev–Trinajstić information content (AvgIpc) is 1.54. The maximum Gasteiger partial charge on any atom is 0.329 e. The topological polar surface area (TPSA) is 417 Å². The van der Waals surface area contributed by atoms with Crippen molar-refractivity contribution in [2.45, 2.75) is 238 Å². The number of hydrogen-bond donors (Lipinski definition) is 5. The minimum atomic E-state index is -2.44. The normalized spacial score (nSPS) is 28.3. The summed E-state index contributed by atoms with van der Waals surface area (Å²) in [7, 11) is 6.32. The van der Waals surface area contributed by atoms with E-state index in [-0.39, 0.29) is 73.5 Å². The molecule has 666 valence electrons. The number of aliphatic hydroxyl groups is 3. The van der Waals surface area contributed by atoms with Gasteiger partial charge in [0.15, 0.2) is 17.8 Å². The molecule has 120 heavy (non-hydrogen) atoms. The molecule has 3 aliphatic heterocycles. The number of carbonyl (C=O) groups excluding carboxylic acids is 4. The predicted octanol–water partition coefficient (Wildman–Crippen LogP) is 9.65. The molecule has 4 aromatic heterocycles. The Morgan fingerprint density at radius 3 is 2.15 bits per heavy atom. The maximum atomic E-state index is 14.9. The second kappa shape index (κ2) is 49.4. The highest BCUT2D eigenvalue weighted by Gasteiger charge is 2.53. The lowest BCUT2D eigenvalue weighted by atomic mass is 9.78. The van der Waals surface area contributed by atoms with E-state index in [1.165, 1.54) is 18.3 Å². The van der Waals surface area contributed by atoms with Crippen LogP contribution < -0.4 is 11.5 Å². The van der Waals surface area contributed by atoms with Crippen molar-refractivity contribution in [1.29, 1.82) is 0 Å². The standard InChI is InChI=1S/C87H132N12O21/c1-56-20-14-12-15-21-57(2)72(107-8)51-67-27-24-62(7)87(106,120-67)81(103)84(104)98-31-19-17-23-69(98)85(105)118-74(59(4)48-63-25-28-70(101)75(49-63)109-10)52-73(108-9)58(3)47-61(6)79(102)80(110-11)77(60(5)46-56)95-117-54-65-53-97(96-93-65)33-35-112-37-39-114-41-43-116-45-44-115-42-40-113-38-36-111-34-30-66(100)22-16-13-18-32-99-83-76(82(88)90-55-91-83)78(94-99)64-26-29-71-68(50-64)92-86(89)119-71/h12,14-15,20-21,26,29,47,50,53,55-56,58-60,62-63,67,69-70,72-75,79-80,101-102,106H,13,16-19,22-25,27-28,30-46,48-49,51-52,54H2,1-11H3,(H2,89,92)(H2,88,90,91)/b15-12+,20-14+,57-21+,61-47+,95-77?/t56-,58-,59-,60-,62-,63+,67+,69+,70-,72+,73-,74+,75-,79-,80+,87-/m1/s1. The van der Waals surface area contributed by atoms with Gasteiger partial charge in [-0.2, -0.15) is 10.1 Å². The number of aliphatic hydroxyl groups excluding tert-OH is 2. The Labute approximate surface area is 704 Å². The molecular formula is C87H132N12O21. The first kappa shape index (κ1) is 96.0. The second-order valence-corrected chi connectivity index (χ2v) is 32.4. The number of amides is 1. The van der Waals surface area contributed by atoms with Crippen LogP contribution in [0.3, 0.4) is 0 Å². The summed E-state index contributed by atoms with van der Waals surface area (Å²) in [5.74, 6) is -6.14. The van der Waals surface area contributed by atoms with Crippen molar-refractivity contribution in [1.82, 2.24) is 44.6 Å². The first-order valence-corrected chi connectivity index (χ1v) is 42.8. The number of Topliss-reactive ketones (excluding diaryl/α,β-unsaturated/α-hetero) is 2. The Morgan fingerprint density at radius 1 is 0.742 bits per heavy atom. The molecule has 2 saturated heterocycles. The number of aromatic nitrogens is 8. The third-order valence-electron chi connectivity index (χ3n) is 23.3. The number of carbonyl (C=O) groups is 4. The molecule has 9 rings (SSSR count). The number of anilines is 2. The van der Waals surface area contributed by atoms with Gasteiger partial charge in [-0.3, -0.25) is 14.4 Å². The Morgan fingerprint density at radius 2 is 1.45 bits per heavy atom. The lowest BCUT2D eigenvalue weighted by Gasteiger charge is -2.43. The van der Waals surface area contributed by atoms with E-state index in [9.17, 15) is 34.5 Å². The van der Waals surface area contributed by atoms with Gasteiger partial charge in [0.2, 0.25) is 5.79 Å². The van der Waals surface area contributed by atoms with Crippen LogP contribution in [0.5, 0.6) is 0 Å². The van der Waals surface area contributed by atoms with Gasteiger partial charge in [-0.1, -0.05) is 87.9 Å². The number of allylic oxidation sites excluding steroid dienone is 5. The Balaban J connectivity index is 0.691. The van der Waals surface area contributed by atoms with Gasteiger partial charge < -0.3 is 97.8 Å². The van der Waals surface area contributed by atoms with E-state index in [0.29, 0.717) is 214 Å². The van der Waals surface area contributed by atoms with E-state index in [4.69, 9.17) is 87.8 Å². The molecule has 0 spiro atoms. The van der Waals surface area contributed by atoms with Crippen molar-refractivity contribution >= 4 is 63.1 Å². The molecule has 2 bridgehead atoms. The minimum Gasteiger partial charge on any atom is -0.460 e. The van der Waals surface area contributed by atoms with Crippen LogP contribution in [0.1, 0.15) is 163 Å². The molecule has 5 aromatic rings. The number of ether oxygens (including phenoxy) is 12. The molecule has 1 aliphatic carbocycles. The zero-order chi connectivity index (χ0) is 86.1. The van der Waals surface area contributed by atoms with Crippen molar-refractivity contribution < 1.29 is 101 Å². The Hall–Kier alpha value is -7.87. The van der Waals surface area contributed by atoms with Gasteiger partial charge in [0.25, 0.3) is 17.7 Å². The van der Waals surface area contributed by atoms with E-state index in [1.54, 1.807) is 45.2 Å². The monoisotopic (exact) mass is 1680 g/mol. The summed E-state index contributed by atoms with van der Waals surface area (Å²) >= 11 is 0. The molecule has 1 saturated carbocycles. The van der Waals surface area contributed by atoms with Crippen molar-refractivity contribution in [3.8, 4) is 11.3 Å². The molecule has 1 aromatic carbocycles. The number of piperidine rings is 1. The van der Waals surface area contributed by atoms with Gasteiger partial charge in [0.05, 0.1) is 134 Å². The molecule has 4 aliphatic rings. The van der Waals surface area contributed by atoms with Crippen LogP contribution in [-0.2, 0) is 101 Å². The summed E-state index contributed by atoms with van der Waals surface area (Å²) in [6, 6.07) is 4.50. The van der Waals surface area contributed by atoms with Gasteiger partial charge in [-0.05, 0) is 138 Å². The minimum absolute atomic E-state index is 0.0221. The lowest BCUT2D eigenvalue weighted by molar-refractivity contribution is -0.265.